The van der Waals surface area contributed by atoms with Crippen molar-refractivity contribution in [2.45, 2.75) is 24.5 Å². The molecule has 11 nitrogen and oxygen atoms in total. The van der Waals surface area contributed by atoms with Gasteiger partial charge in [0.15, 0.2) is 11.9 Å². The maximum atomic E-state index is 10.3. The number of nitrogens with two attached hydrogens (primary N) is 1. The van der Waals surface area contributed by atoms with Crippen molar-refractivity contribution in [2.75, 3.05) is 12.3 Å². The molecule has 25 heavy (non-hydrogen) atoms. The Bertz CT molecular complexity index is 923. The predicted molar refractivity (Wildman–Crippen MR) is 84.9 cm³/mol. The first kappa shape index (κ1) is 15.9. The predicted octanol–water partition coefficient (Wildman–Crippen LogP) is -1.58. The number of aromatic nitrogens is 6. The van der Waals surface area contributed by atoms with E-state index in [2.05, 4.69) is 20.2 Å². The van der Waals surface area contributed by atoms with Crippen molar-refractivity contribution in [3.05, 3.63) is 18.7 Å². The minimum Gasteiger partial charge on any atom is -0.394 e. The lowest BCUT2D eigenvalue weighted by atomic mass is 10.1. The van der Waals surface area contributed by atoms with E-state index >= 15 is 0 Å². The fourth-order valence-corrected chi connectivity index (χ4v) is 3.00. The van der Waals surface area contributed by atoms with Gasteiger partial charge in [0.05, 0.1) is 18.2 Å². The Labute approximate surface area is 141 Å². The van der Waals surface area contributed by atoms with Gasteiger partial charge in [0, 0.05) is 18.8 Å². The zero-order chi connectivity index (χ0) is 17.7. The molecule has 0 amide bonds. The van der Waals surface area contributed by atoms with Crippen molar-refractivity contribution in [3.8, 4) is 11.3 Å². The average Bonchev–Trinajstić information content (AvgIpc) is 3.26. The summed E-state index contributed by atoms with van der Waals surface area (Å²) in [7, 11) is 1.77. The number of aliphatic hydroxyl groups excluding tert-OH is 3. The summed E-state index contributed by atoms with van der Waals surface area (Å²) in [6.07, 6.45) is 0.207. The summed E-state index contributed by atoms with van der Waals surface area (Å²) in [5.74, 6) is 0.224. The molecular weight excluding hydrogens is 330 g/mol. The van der Waals surface area contributed by atoms with Gasteiger partial charge in [-0.3, -0.25) is 4.68 Å². The van der Waals surface area contributed by atoms with Crippen molar-refractivity contribution in [1.82, 2.24) is 29.5 Å². The molecular formula is C14H17N7O4. The van der Waals surface area contributed by atoms with Crippen LogP contribution in [0.5, 0.6) is 0 Å². The monoisotopic (exact) mass is 347 g/mol. The van der Waals surface area contributed by atoms with E-state index in [9.17, 15) is 15.3 Å². The van der Waals surface area contributed by atoms with Gasteiger partial charge in [-0.25, -0.2) is 14.6 Å². The van der Waals surface area contributed by atoms with Crippen LogP contribution < -0.4 is 5.73 Å². The van der Waals surface area contributed by atoms with Crippen molar-refractivity contribution < 1.29 is 20.1 Å². The fraction of sp³-hybridized carbons (Fsp3) is 0.429. The third kappa shape index (κ3) is 2.36. The molecule has 4 atom stereocenters. The molecule has 1 aliphatic heterocycles. The van der Waals surface area contributed by atoms with E-state index in [-0.39, 0.29) is 5.82 Å². The maximum absolute atomic E-state index is 10.3. The highest BCUT2D eigenvalue weighted by Crippen LogP contribution is 2.35. The largest absolute Gasteiger partial charge is 0.394 e. The summed E-state index contributed by atoms with van der Waals surface area (Å²) in [4.78, 5) is 8.20. The quantitative estimate of drug-likeness (QED) is 0.439. The Morgan fingerprint density at radius 3 is 2.72 bits per heavy atom. The second-order valence-electron chi connectivity index (χ2n) is 5.88. The number of aliphatic hydroxyl groups is 3. The van der Waals surface area contributed by atoms with Crippen LogP contribution in [-0.4, -0.2) is 69.8 Å². The van der Waals surface area contributed by atoms with E-state index in [0.29, 0.717) is 22.3 Å². The smallest absolute Gasteiger partial charge is 0.181 e. The zero-order valence-electron chi connectivity index (χ0n) is 13.3. The number of anilines is 1. The van der Waals surface area contributed by atoms with E-state index in [0.717, 1.165) is 0 Å². The van der Waals surface area contributed by atoms with Gasteiger partial charge >= 0.3 is 0 Å². The van der Waals surface area contributed by atoms with Crippen LogP contribution >= 0.6 is 0 Å². The van der Waals surface area contributed by atoms with Gasteiger partial charge in [-0.15, -0.1) is 0 Å². The first-order valence-corrected chi connectivity index (χ1v) is 7.61. The summed E-state index contributed by atoms with van der Waals surface area (Å²) in [5, 5.41) is 38.6. The Hall–Kier alpha value is -2.60. The third-order valence-electron chi connectivity index (χ3n) is 4.25. The number of aryl methyl sites for hydroxylation is 1. The van der Waals surface area contributed by atoms with Crippen LogP contribution in [0.25, 0.3) is 22.3 Å². The maximum Gasteiger partial charge on any atom is 0.181 e. The molecule has 4 rings (SSSR count). The molecule has 0 bridgehead atoms. The average molecular weight is 347 g/mol. The third-order valence-corrected chi connectivity index (χ3v) is 4.25. The first-order chi connectivity index (χ1) is 12.0. The number of ether oxygens (including phenoxy) is 1. The van der Waals surface area contributed by atoms with Gasteiger partial charge in [0.25, 0.3) is 0 Å². The molecule has 0 radical (unpaired) electrons. The molecule has 0 aliphatic carbocycles. The Morgan fingerprint density at radius 1 is 1.28 bits per heavy atom. The Morgan fingerprint density at radius 2 is 2.08 bits per heavy atom. The molecule has 4 heterocycles. The first-order valence-electron chi connectivity index (χ1n) is 7.61. The highest BCUT2D eigenvalue weighted by Gasteiger charge is 2.44. The molecule has 1 fully saturated rings. The van der Waals surface area contributed by atoms with E-state index in [4.69, 9.17) is 10.5 Å². The van der Waals surface area contributed by atoms with E-state index in [1.54, 1.807) is 24.1 Å². The number of hydrogen-bond acceptors (Lipinski definition) is 9. The summed E-state index contributed by atoms with van der Waals surface area (Å²) >= 11 is 0. The molecule has 5 N–H and O–H groups in total. The molecule has 1 aliphatic rings. The van der Waals surface area contributed by atoms with Crippen LogP contribution in [0.2, 0.25) is 0 Å². The lowest BCUT2D eigenvalue weighted by Crippen LogP contribution is -2.33. The minimum atomic E-state index is -1.28. The number of rotatable bonds is 3. The van der Waals surface area contributed by atoms with Crippen LogP contribution in [0.15, 0.2) is 18.7 Å². The van der Waals surface area contributed by atoms with E-state index in [1.807, 2.05) is 0 Å². The normalized spacial score (nSPS) is 26.6. The van der Waals surface area contributed by atoms with Crippen LogP contribution in [0.3, 0.4) is 0 Å². The van der Waals surface area contributed by atoms with Crippen LogP contribution in [0.1, 0.15) is 6.23 Å². The van der Waals surface area contributed by atoms with Crippen LogP contribution in [0.4, 0.5) is 5.82 Å². The summed E-state index contributed by atoms with van der Waals surface area (Å²) < 4.78 is 8.52. The zero-order valence-corrected chi connectivity index (χ0v) is 13.3. The molecule has 0 saturated carbocycles. The molecule has 3 aromatic rings. The SMILES string of the molecule is Cn1cc(-c2nn([C@@H]3O[C@H](CO)[C@@H](O)[C@H]3O)c3ncnc(N)c23)cn1. The van der Waals surface area contributed by atoms with Crippen LogP contribution in [-0.2, 0) is 11.8 Å². The lowest BCUT2D eigenvalue weighted by Gasteiger charge is -2.15. The van der Waals surface area contributed by atoms with Gasteiger partial charge < -0.3 is 25.8 Å². The summed E-state index contributed by atoms with van der Waals surface area (Å²) in [5.41, 5.74) is 7.53. The molecule has 1 saturated heterocycles. The molecule has 11 heteroatoms. The Kier molecular flexibility index (Phi) is 3.65. The van der Waals surface area contributed by atoms with Gasteiger partial charge in [-0.2, -0.15) is 10.2 Å². The lowest BCUT2D eigenvalue weighted by molar-refractivity contribution is -0.0565. The highest BCUT2D eigenvalue weighted by molar-refractivity contribution is 5.98. The van der Waals surface area contributed by atoms with Crippen LogP contribution in [0, 0.1) is 0 Å². The minimum absolute atomic E-state index is 0.224. The van der Waals surface area contributed by atoms with Crippen molar-refractivity contribution >= 4 is 16.9 Å². The number of nitrogen functional groups attached to an aromatic ring is 1. The van der Waals surface area contributed by atoms with Crippen molar-refractivity contribution in [3.63, 3.8) is 0 Å². The van der Waals surface area contributed by atoms with Crippen molar-refractivity contribution in [1.29, 1.82) is 0 Å². The number of hydrogen-bond donors (Lipinski definition) is 4. The highest BCUT2D eigenvalue weighted by atomic mass is 16.6. The van der Waals surface area contributed by atoms with E-state index < -0.39 is 31.1 Å². The van der Waals surface area contributed by atoms with E-state index in [1.165, 1.54) is 11.0 Å². The standard InChI is InChI=1S/C14H17N7O4/c1-20-3-6(2-18-20)9-8-12(15)16-5-17-13(8)21(19-9)14-11(24)10(23)7(4-22)25-14/h2-3,5,7,10-11,14,22-24H,4H2,1H3,(H2,15,16,17)/t7-,10-,11-,14-/m1/s1. The second-order valence-corrected chi connectivity index (χ2v) is 5.88. The number of nitrogens with zero attached hydrogens (tertiary/aromatic N) is 6. The topological polar surface area (TPSA) is 157 Å². The number of fused-ring (bicyclic) bond motifs is 1. The molecule has 0 spiro atoms. The van der Waals surface area contributed by atoms with Crippen molar-refractivity contribution in [2.24, 2.45) is 7.05 Å². The molecule has 132 valence electrons. The second kappa shape index (κ2) is 5.74. The van der Waals surface area contributed by atoms with Gasteiger partial charge in [0.2, 0.25) is 0 Å². The molecule has 3 aromatic heterocycles. The Balaban J connectivity index is 1.90. The summed E-state index contributed by atoms with van der Waals surface area (Å²) in [6.45, 7) is -0.430. The molecule has 0 unspecified atom stereocenters. The van der Waals surface area contributed by atoms with Gasteiger partial charge in [0.1, 0.15) is 36.2 Å². The summed E-state index contributed by atoms with van der Waals surface area (Å²) in [6, 6.07) is 0. The molecule has 0 aromatic carbocycles. The van der Waals surface area contributed by atoms with Gasteiger partial charge in [-0.1, -0.05) is 0 Å². The fourth-order valence-electron chi connectivity index (χ4n) is 3.00. The van der Waals surface area contributed by atoms with Gasteiger partial charge in [-0.05, 0) is 0 Å².